The largest absolute Gasteiger partial charge is 0.507 e. The molecule has 3 N–H and O–H groups in total. The Kier molecular flexibility index (Phi) is 4.85. The lowest BCUT2D eigenvalue weighted by Crippen LogP contribution is -2.41. The number of aromatic hydroxyl groups is 1. The zero-order chi connectivity index (χ0) is 17.1. The summed E-state index contributed by atoms with van der Waals surface area (Å²) >= 11 is 1.49. The van der Waals surface area contributed by atoms with E-state index in [1.807, 2.05) is 6.07 Å². The molecule has 1 atom stereocenters. The average Bonchev–Trinajstić information content (AvgIpc) is 3.02. The number of carbonyl (C=O) groups is 2. The number of hydrogen-bond acceptors (Lipinski definition) is 4. The quantitative estimate of drug-likeness (QED) is 0.749. The van der Waals surface area contributed by atoms with Crippen molar-refractivity contribution in [2.45, 2.75) is 32.6 Å². The zero-order valence-electron chi connectivity index (χ0n) is 13.5. The molecule has 2 amide bonds. The molecule has 0 saturated heterocycles. The van der Waals surface area contributed by atoms with Crippen LogP contribution in [-0.2, 0) is 12.8 Å². The summed E-state index contributed by atoms with van der Waals surface area (Å²) in [7, 11) is 0. The van der Waals surface area contributed by atoms with Gasteiger partial charge < -0.3 is 5.11 Å². The number of para-hydroxylation sites is 1. The number of aryl methyl sites for hydroxylation is 1. The number of phenols is 1. The fourth-order valence-corrected chi connectivity index (χ4v) is 4.07. The molecule has 0 fully saturated rings. The van der Waals surface area contributed by atoms with Crippen LogP contribution in [-0.4, -0.2) is 16.9 Å². The van der Waals surface area contributed by atoms with Crippen LogP contribution in [0, 0.1) is 5.92 Å². The van der Waals surface area contributed by atoms with E-state index >= 15 is 0 Å². The zero-order valence-corrected chi connectivity index (χ0v) is 14.3. The first-order chi connectivity index (χ1) is 11.6. The summed E-state index contributed by atoms with van der Waals surface area (Å²) < 4.78 is 0. The van der Waals surface area contributed by atoms with E-state index in [9.17, 15) is 14.7 Å². The molecule has 6 heteroatoms. The number of nitrogens with one attached hydrogen (secondary N) is 2. The van der Waals surface area contributed by atoms with E-state index in [-0.39, 0.29) is 17.2 Å². The van der Waals surface area contributed by atoms with Gasteiger partial charge in [-0.25, -0.2) is 0 Å². The minimum Gasteiger partial charge on any atom is -0.507 e. The van der Waals surface area contributed by atoms with Gasteiger partial charge in [0.15, 0.2) is 0 Å². The Morgan fingerprint density at radius 1 is 1.25 bits per heavy atom. The van der Waals surface area contributed by atoms with Crippen LogP contribution in [0.3, 0.4) is 0 Å². The van der Waals surface area contributed by atoms with E-state index in [1.54, 1.807) is 12.1 Å². The van der Waals surface area contributed by atoms with Gasteiger partial charge in [-0.3, -0.25) is 20.4 Å². The lowest BCUT2D eigenvalue weighted by molar-refractivity contribution is 0.0847. The van der Waals surface area contributed by atoms with E-state index < -0.39 is 5.91 Å². The van der Waals surface area contributed by atoms with Crippen molar-refractivity contribution in [1.82, 2.24) is 10.9 Å². The standard InChI is InChI=1S/C18H20N2O3S/c1-2-11-7-8-15-12(9-11)10-16(24-15)18(23)20-19-17(22)13-5-3-4-6-14(13)21/h3-6,10-11,21H,2,7-9H2,1H3,(H,19,22)(H,20,23)/t11-/m0/s1. The van der Waals surface area contributed by atoms with Crippen LogP contribution in [0.15, 0.2) is 30.3 Å². The predicted octanol–water partition coefficient (Wildman–Crippen LogP) is 3.04. The summed E-state index contributed by atoms with van der Waals surface area (Å²) in [4.78, 5) is 26.1. The van der Waals surface area contributed by atoms with Gasteiger partial charge in [-0.2, -0.15) is 0 Å². The Labute approximate surface area is 144 Å². The highest BCUT2D eigenvalue weighted by atomic mass is 32.1. The van der Waals surface area contributed by atoms with Crippen LogP contribution in [0.2, 0.25) is 0 Å². The molecule has 2 aromatic rings. The Hall–Kier alpha value is -2.34. The highest BCUT2D eigenvalue weighted by molar-refractivity contribution is 7.14. The minimum absolute atomic E-state index is 0.120. The van der Waals surface area contributed by atoms with Gasteiger partial charge >= 0.3 is 0 Å². The number of fused-ring (bicyclic) bond motifs is 1. The third kappa shape index (κ3) is 3.43. The second-order valence-corrected chi connectivity index (χ2v) is 7.14. The first kappa shape index (κ1) is 16.5. The van der Waals surface area contributed by atoms with Crippen LogP contribution in [0.1, 0.15) is 50.2 Å². The van der Waals surface area contributed by atoms with Crippen molar-refractivity contribution < 1.29 is 14.7 Å². The molecular weight excluding hydrogens is 324 g/mol. The maximum Gasteiger partial charge on any atom is 0.279 e. The summed E-state index contributed by atoms with van der Waals surface area (Å²) in [6, 6.07) is 8.13. The summed E-state index contributed by atoms with van der Waals surface area (Å²) in [6.07, 6.45) is 4.39. The van der Waals surface area contributed by atoms with Crippen molar-refractivity contribution >= 4 is 23.2 Å². The summed E-state index contributed by atoms with van der Waals surface area (Å²) in [5.41, 5.74) is 6.15. The Morgan fingerprint density at radius 2 is 2.00 bits per heavy atom. The van der Waals surface area contributed by atoms with Crippen LogP contribution in [0.25, 0.3) is 0 Å². The van der Waals surface area contributed by atoms with Crippen LogP contribution >= 0.6 is 11.3 Å². The van der Waals surface area contributed by atoms with Gasteiger partial charge in [-0.05, 0) is 48.9 Å². The van der Waals surface area contributed by atoms with Crippen molar-refractivity contribution in [2.24, 2.45) is 5.92 Å². The van der Waals surface area contributed by atoms with Gasteiger partial charge in [-0.1, -0.05) is 25.5 Å². The molecule has 3 rings (SSSR count). The molecule has 1 aliphatic carbocycles. The van der Waals surface area contributed by atoms with E-state index in [0.717, 1.165) is 19.3 Å². The van der Waals surface area contributed by atoms with Gasteiger partial charge in [0.25, 0.3) is 11.8 Å². The summed E-state index contributed by atoms with van der Waals surface area (Å²) in [6.45, 7) is 2.20. The van der Waals surface area contributed by atoms with Gasteiger partial charge in [-0.15, -0.1) is 11.3 Å². The van der Waals surface area contributed by atoms with Gasteiger partial charge in [0.05, 0.1) is 10.4 Å². The topological polar surface area (TPSA) is 78.4 Å². The van der Waals surface area contributed by atoms with Crippen molar-refractivity contribution in [3.63, 3.8) is 0 Å². The molecule has 0 aliphatic heterocycles. The SMILES string of the molecule is CC[C@H]1CCc2sc(C(=O)NNC(=O)c3ccccc3O)cc2C1. The maximum atomic E-state index is 12.3. The van der Waals surface area contributed by atoms with E-state index in [0.29, 0.717) is 10.8 Å². The number of hydrogen-bond donors (Lipinski definition) is 3. The third-order valence-corrected chi connectivity index (χ3v) is 5.66. The van der Waals surface area contributed by atoms with Gasteiger partial charge in [0, 0.05) is 4.88 Å². The summed E-state index contributed by atoms with van der Waals surface area (Å²) in [5.74, 6) is -0.301. The number of thiophene rings is 1. The van der Waals surface area contributed by atoms with Crippen LogP contribution in [0.5, 0.6) is 5.75 Å². The molecule has 126 valence electrons. The Balaban J connectivity index is 1.63. The first-order valence-electron chi connectivity index (χ1n) is 8.08. The van der Waals surface area contributed by atoms with Crippen molar-refractivity contribution in [3.05, 3.63) is 51.2 Å². The van der Waals surface area contributed by atoms with E-state index in [2.05, 4.69) is 17.8 Å². The lowest BCUT2D eigenvalue weighted by atomic mass is 9.87. The van der Waals surface area contributed by atoms with Crippen LogP contribution < -0.4 is 10.9 Å². The number of amides is 2. The molecule has 0 bridgehead atoms. The average molecular weight is 344 g/mol. The molecule has 24 heavy (non-hydrogen) atoms. The highest BCUT2D eigenvalue weighted by Gasteiger charge is 2.22. The molecule has 0 radical (unpaired) electrons. The number of carbonyl (C=O) groups excluding carboxylic acids is 2. The second-order valence-electron chi connectivity index (χ2n) is 6.00. The monoisotopic (exact) mass is 344 g/mol. The van der Waals surface area contributed by atoms with Crippen LogP contribution in [0.4, 0.5) is 0 Å². The Bertz CT molecular complexity index is 769. The minimum atomic E-state index is -0.547. The normalized spacial score (nSPS) is 16.3. The molecule has 0 saturated carbocycles. The first-order valence-corrected chi connectivity index (χ1v) is 8.90. The van der Waals surface area contributed by atoms with Crippen molar-refractivity contribution in [1.29, 1.82) is 0 Å². The van der Waals surface area contributed by atoms with Crippen molar-refractivity contribution in [2.75, 3.05) is 0 Å². The molecule has 5 nitrogen and oxygen atoms in total. The summed E-state index contributed by atoms with van der Waals surface area (Å²) in [5, 5.41) is 9.65. The lowest BCUT2D eigenvalue weighted by Gasteiger charge is -2.19. The fourth-order valence-electron chi connectivity index (χ4n) is 2.97. The van der Waals surface area contributed by atoms with Gasteiger partial charge in [0.1, 0.15) is 5.75 Å². The van der Waals surface area contributed by atoms with Gasteiger partial charge in [0.2, 0.25) is 0 Å². The Morgan fingerprint density at radius 3 is 2.75 bits per heavy atom. The number of hydrazine groups is 1. The molecule has 1 aliphatic rings. The number of benzene rings is 1. The number of rotatable bonds is 3. The van der Waals surface area contributed by atoms with E-state index in [4.69, 9.17) is 0 Å². The van der Waals surface area contributed by atoms with Crippen molar-refractivity contribution in [3.8, 4) is 5.75 Å². The molecule has 0 unspecified atom stereocenters. The molecule has 1 heterocycles. The predicted molar refractivity (Wildman–Crippen MR) is 93.2 cm³/mol. The molecule has 0 spiro atoms. The molecular formula is C18H20N2O3S. The fraction of sp³-hybridized carbons (Fsp3) is 0.333. The highest BCUT2D eigenvalue weighted by Crippen LogP contribution is 2.33. The van der Waals surface area contributed by atoms with E-state index in [1.165, 1.54) is 40.3 Å². The maximum absolute atomic E-state index is 12.3. The molecule has 1 aromatic heterocycles. The second kappa shape index (κ2) is 7.05. The molecule has 1 aromatic carbocycles. The third-order valence-electron chi connectivity index (χ3n) is 4.42. The number of phenolic OH excluding ortho intramolecular Hbond substituents is 1. The smallest absolute Gasteiger partial charge is 0.279 e.